The number of rotatable bonds is 3. The highest BCUT2D eigenvalue weighted by atomic mass is 79.9. The van der Waals surface area contributed by atoms with E-state index in [1.54, 1.807) is 0 Å². The van der Waals surface area contributed by atoms with Gasteiger partial charge in [0.1, 0.15) is 16.4 Å². The Labute approximate surface area is 141 Å². The van der Waals surface area contributed by atoms with Gasteiger partial charge in [0.15, 0.2) is 5.82 Å². The van der Waals surface area contributed by atoms with Crippen LogP contribution in [0.1, 0.15) is 0 Å². The molecule has 3 nitrogen and oxygen atoms in total. The molecule has 0 saturated heterocycles. The van der Waals surface area contributed by atoms with Gasteiger partial charge in [-0.25, -0.2) is 17.2 Å². The minimum absolute atomic E-state index is 0.106. The van der Waals surface area contributed by atoms with Crippen LogP contribution < -0.4 is 4.72 Å². The molecule has 0 atom stereocenters. The summed E-state index contributed by atoms with van der Waals surface area (Å²) < 4.78 is 54.1. The number of nitrogens with one attached hydrogen (secondary N) is 1. The summed E-state index contributed by atoms with van der Waals surface area (Å²) in [6, 6.07) is 5.73. The molecule has 2 aromatic carbocycles. The van der Waals surface area contributed by atoms with Crippen molar-refractivity contribution in [3.63, 3.8) is 0 Å². The Balaban J connectivity index is 2.47. The quantitative estimate of drug-likeness (QED) is 0.704. The molecule has 0 bridgehead atoms. The average molecular weight is 462 g/mol. The van der Waals surface area contributed by atoms with Crippen LogP contribution in [0.3, 0.4) is 0 Å². The fourth-order valence-electron chi connectivity index (χ4n) is 1.52. The van der Waals surface area contributed by atoms with Crippen LogP contribution in [0.2, 0.25) is 5.02 Å². The zero-order valence-corrected chi connectivity index (χ0v) is 14.7. The standard InChI is InChI=1S/C12H6Br2ClF2NO2S/c13-6-1-2-11(8(14)3-6)21(19,20)18-12-9(15)4-7(16)5-10(12)17/h1-5,18H. The Morgan fingerprint density at radius 1 is 1.10 bits per heavy atom. The Bertz CT molecular complexity index is 792. The number of hydrogen-bond donors (Lipinski definition) is 1. The summed E-state index contributed by atoms with van der Waals surface area (Å²) in [5, 5.41) is -0.371. The first-order valence-corrected chi connectivity index (χ1v) is 8.78. The van der Waals surface area contributed by atoms with Crippen LogP contribution in [0.4, 0.5) is 14.5 Å². The molecule has 2 rings (SSSR count). The van der Waals surface area contributed by atoms with Gasteiger partial charge in [-0.1, -0.05) is 27.5 Å². The largest absolute Gasteiger partial charge is 0.275 e. The van der Waals surface area contributed by atoms with E-state index in [2.05, 4.69) is 31.9 Å². The fraction of sp³-hybridized carbons (Fsp3) is 0. The predicted octanol–water partition coefficient (Wildman–Crippen LogP) is 4.94. The van der Waals surface area contributed by atoms with E-state index in [0.717, 1.165) is 6.07 Å². The topological polar surface area (TPSA) is 46.2 Å². The SMILES string of the molecule is O=S(=O)(Nc1c(F)cc(F)cc1Cl)c1ccc(Br)cc1Br. The van der Waals surface area contributed by atoms with E-state index in [0.29, 0.717) is 10.5 Å². The normalized spacial score (nSPS) is 11.5. The summed E-state index contributed by atoms with van der Waals surface area (Å²) >= 11 is 12.0. The number of anilines is 1. The van der Waals surface area contributed by atoms with Crippen LogP contribution in [0.5, 0.6) is 0 Å². The molecule has 9 heteroatoms. The molecular formula is C12H6Br2ClF2NO2S. The highest BCUT2D eigenvalue weighted by Crippen LogP contribution is 2.31. The van der Waals surface area contributed by atoms with E-state index in [1.807, 2.05) is 4.72 Å². The van der Waals surface area contributed by atoms with Crippen molar-refractivity contribution in [2.24, 2.45) is 0 Å². The molecule has 21 heavy (non-hydrogen) atoms. The maximum Gasteiger partial charge on any atom is 0.263 e. The molecule has 0 unspecified atom stereocenters. The zero-order chi connectivity index (χ0) is 15.8. The van der Waals surface area contributed by atoms with Gasteiger partial charge < -0.3 is 0 Å². The van der Waals surface area contributed by atoms with E-state index in [9.17, 15) is 17.2 Å². The minimum atomic E-state index is -4.08. The van der Waals surface area contributed by atoms with Crippen molar-refractivity contribution in [1.29, 1.82) is 0 Å². The molecule has 1 N–H and O–H groups in total. The van der Waals surface area contributed by atoms with E-state index in [1.165, 1.54) is 18.2 Å². The van der Waals surface area contributed by atoms with Gasteiger partial charge in [0.25, 0.3) is 10.0 Å². The minimum Gasteiger partial charge on any atom is -0.275 e. The van der Waals surface area contributed by atoms with Gasteiger partial charge in [-0.05, 0) is 40.2 Å². The average Bonchev–Trinajstić information content (AvgIpc) is 2.33. The van der Waals surface area contributed by atoms with Crippen LogP contribution in [-0.4, -0.2) is 8.42 Å². The molecule has 0 aliphatic heterocycles. The Morgan fingerprint density at radius 3 is 2.33 bits per heavy atom. The number of hydrogen-bond acceptors (Lipinski definition) is 2. The summed E-state index contributed by atoms with van der Waals surface area (Å²) in [7, 11) is -4.08. The first-order chi connectivity index (χ1) is 9.70. The summed E-state index contributed by atoms with van der Waals surface area (Å²) in [6.45, 7) is 0. The van der Waals surface area contributed by atoms with Crippen molar-refractivity contribution < 1.29 is 17.2 Å². The first-order valence-electron chi connectivity index (χ1n) is 5.33. The van der Waals surface area contributed by atoms with E-state index in [-0.39, 0.29) is 14.4 Å². The molecule has 0 aliphatic carbocycles. The molecule has 0 radical (unpaired) electrons. The zero-order valence-electron chi connectivity index (χ0n) is 10.0. The lowest BCUT2D eigenvalue weighted by molar-refractivity contribution is 0.583. The van der Waals surface area contributed by atoms with Crippen LogP contribution in [0.25, 0.3) is 0 Å². The van der Waals surface area contributed by atoms with Crippen molar-refractivity contribution in [1.82, 2.24) is 0 Å². The third-order valence-electron chi connectivity index (χ3n) is 2.43. The van der Waals surface area contributed by atoms with Crippen LogP contribution in [0, 0.1) is 11.6 Å². The van der Waals surface area contributed by atoms with Gasteiger partial charge in [-0.15, -0.1) is 0 Å². The molecule has 0 aromatic heterocycles. The molecule has 0 saturated carbocycles. The lowest BCUT2D eigenvalue weighted by Crippen LogP contribution is -2.15. The van der Waals surface area contributed by atoms with Gasteiger partial charge in [-0.3, -0.25) is 4.72 Å². The summed E-state index contributed by atoms with van der Waals surface area (Å²) in [6.07, 6.45) is 0. The molecular weight excluding hydrogens is 455 g/mol. The Morgan fingerprint density at radius 2 is 1.76 bits per heavy atom. The van der Waals surface area contributed by atoms with Crippen molar-refractivity contribution in [3.8, 4) is 0 Å². The van der Waals surface area contributed by atoms with Crippen molar-refractivity contribution in [2.75, 3.05) is 4.72 Å². The molecule has 0 amide bonds. The molecule has 2 aromatic rings. The van der Waals surface area contributed by atoms with Crippen LogP contribution >= 0.6 is 43.5 Å². The highest BCUT2D eigenvalue weighted by Gasteiger charge is 2.21. The van der Waals surface area contributed by atoms with Gasteiger partial charge in [0.2, 0.25) is 0 Å². The van der Waals surface area contributed by atoms with E-state index in [4.69, 9.17) is 11.6 Å². The van der Waals surface area contributed by atoms with Crippen molar-refractivity contribution in [3.05, 3.63) is 55.9 Å². The first kappa shape index (κ1) is 16.7. The van der Waals surface area contributed by atoms with Crippen molar-refractivity contribution >= 4 is 59.2 Å². The van der Waals surface area contributed by atoms with Gasteiger partial charge >= 0.3 is 0 Å². The number of sulfonamides is 1. The van der Waals surface area contributed by atoms with Crippen LogP contribution in [0.15, 0.2) is 44.2 Å². The lowest BCUT2D eigenvalue weighted by Gasteiger charge is -2.12. The maximum absolute atomic E-state index is 13.7. The Hall–Kier alpha value is -0.700. The summed E-state index contributed by atoms with van der Waals surface area (Å²) in [5.41, 5.74) is -0.507. The van der Waals surface area contributed by atoms with Gasteiger partial charge in [0, 0.05) is 15.0 Å². The van der Waals surface area contributed by atoms with Gasteiger partial charge in [0.05, 0.1) is 5.02 Å². The van der Waals surface area contributed by atoms with Crippen LogP contribution in [-0.2, 0) is 10.0 Å². The molecule has 0 fully saturated rings. The monoisotopic (exact) mass is 459 g/mol. The van der Waals surface area contributed by atoms with E-state index >= 15 is 0 Å². The van der Waals surface area contributed by atoms with E-state index < -0.39 is 27.3 Å². The van der Waals surface area contributed by atoms with Gasteiger partial charge in [-0.2, -0.15) is 0 Å². The number of halogens is 5. The molecule has 112 valence electrons. The van der Waals surface area contributed by atoms with Crippen molar-refractivity contribution in [2.45, 2.75) is 4.90 Å². The molecule has 0 spiro atoms. The summed E-state index contributed by atoms with van der Waals surface area (Å²) in [4.78, 5) is -0.106. The second-order valence-corrected chi connectivity index (χ2v) is 7.75. The lowest BCUT2D eigenvalue weighted by atomic mass is 10.3. The third-order valence-corrected chi connectivity index (χ3v) is 5.54. The number of benzene rings is 2. The molecule has 0 aliphatic rings. The maximum atomic E-state index is 13.7. The highest BCUT2D eigenvalue weighted by molar-refractivity contribution is 9.11. The third kappa shape index (κ3) is 3.74. The second-order valence-electron chi connectivity index (χ2n) is 3.92. The summed E-state index contributed by atoms with van der Waals surface area (Å²) in [5.74, 6) is -2.00. The smallest absolute Gasteiger partial charge is 0.263 e. The second kappa shape index (κ2) is 6.20. The fourth-order valence-corrected chi connectivity index (χ4v) is 4.66. The molecule has 0 heterocycles. The predicted molar refractivity (Wildman–Crippen MR) is 84.0 cm³/mol. The Kier molecular flexibility index (Phi) is 4.92.